The number of fused-ring (bicyclic) bond motifs is 5. The molecule has 8 nitrogen and oxygen atoms in total. The molecule has 188 valence electrons. The fourth-order valence-electron chi connectivity index (χ4n) is 5.61. The molecule has 0 radical (unpaired) electrons. The molecule has 1 unspecified atom stereocenters. The molecular formula is C27H30FN5O3. The van der Waals surface area contributed by atoms with Gasteiger partial charge < -0.3 is 20.1 Å². The van der Waals surface area contributed by atoms with Gasteiger partial charge >= 0.3 is 0 Å². The van der Waals surface area contributed by atoms with Gasteiger partial charge in [0.1, 0.15) is 5.82 Å². The summed E-state index contributed by atoms with van der Waals surface area (Å²) >= 11 is 0. The van der Waals surface area contributed by atoms with Gasteiger partial charge in [-0.2, -0.15) is 0 Å². The van der Waals surface area contributed by atoms with E-state index in [0.717, 1.165) is 49.0 Å². The minimum atomic E-state index is -0.516. The van der Waals surface area contributed by atoms with Crippen molar-refractivity contribution in [3.8, 4) is 5.75 Å². The predicted octanol–water partition coefficient (Wildman–Crippen LogP) is 4.00. The Morgan fingerprint density at radius 2 is 2.00 bits per heavy atom. The maximum Gasteiger partial charge on any atom is 0.266 e. The smallest absolute Gasteiger partial charge is 0.266 e. The van der Waals surface area contributed by atoms with Gasteiger partial charge in [-0.25, -0.2) is 9.37 Å². The molecule has 0 spiro atoms. The zero-order chi connectivity index (χ0) is 24.9. The average molecular weight is 492 g/mol. The summed E-state index contributed by atoms with van der Waals surface area (Å²) in [6, 6.07) is 7.58. The molecule has 0 aromatic carbocycles. The van der Waals surface area contributed by atoms with Crippen molar-refractivity contribution in [3.63, 3.8) is 0 Å². The van der Waals surface area contributed by atoms with E-state index in [1.54, 1.807) is 6.92 Å². The largest absolute Gasteiger partial charge is 0.477 e. The van der Waals surface area contributed by atoms with E-state index in [4.69, 9.17) is 9.47 Å². The lowest BCUT2D eigenvalue weighted by atomic mass is 9.69. The van der Waals surface area contributed by atoms with Gasteiger partial charge in [0, 0.05) is 23.3 Å². The van der Waals surface area contributed by atoms with E-state index in [0.29, 0.717) is 42.2 Å². The lowest BCUT2D eigenvalue weighted by Gasteiger charge is -2.53. The summed E-state index contributed by atoms with van der Waals surface area (Å²) in [5.74, 6) is 0.580. The Labute approximate surface area is 209 Å². The lowest BCUT2D eigenvalue weighted by molar-refractivity contribution is -0.165. The fourth-order valence-corrected chi connectivity index (χ4v) is 5.61. The number of carbonyl (C=O) groups is 1. The second kappa shape index (κ2) is 8.74. The Kier molecular flexibility index (Phi) is 5.64. The first-order chi connectivity index (χ1) is 17.3. The van der Waals surface area contributed by atoms with E-state index in [9.17, 15) is 9.18 Å². The van der Waals surface area contributed by atoms with Crippen LogP contribution in [0.4, 0.5) is 10.2 Å². The molecule has 1 amide bonds. The van der Waals surface area contributed by atoms with E-state index < -0.39 is 6.10 Å². The van der Waals surface area contributed by atoms with E-state index in [1.165, 1.54) is 6.20 Å². The number of anilines is 1. The highest BCUT2D eigenvalue weighted by molar-refractivity contribution is 5.96. The molecule has 2 N–H and O–H groups in total. The molecule has 3 aromatic heterocycles. The highest BCUT2D eigenvalue weighted by Crippen LogP contribution is 2.46. The molecule has 1 aliphatic carbocycles. The number of hydrogen-bond donors (Lipinski definition) is 2. The predicted molar refractivity (Wildman–Crippen MR) is 132 cm³/mol. The second-order valence-corrected chi connectivity index (χ2v) is 10.4. The van der Waals surface area contributed by atoms with Crippen molar-refractivity contribution in [3.05, 3.63) is 53.2 Å². The van der Waals surface area contributed by atoms with Crippen LogP contribution in [0, 0.1) is 12.7 Å². The second-order valence-electron chi connectivity index (χ2n) is 10.4. The fraction of sp³-hybridized carbons (Fsp3) is 0.481. The zero-order valence-corrected chi connectivity index (χ0v) is 20.6. The van der Waals surface area contributed by atoms with Crippen LogP contribution in [0.25, 0.3) is 11.0 Å². The highest BCUT2D eigenvalue weighted by atomic mass is 19.1. The third-order valence-corrected chi connectivity index (χ3v) is 7.98. The van der Waals surface area contributed by atoms with Crippen LogP contribution in [0.5, 0.6) is 5.75 Å². The maximum absolute atomic E-state index is 14.7. The van der Waals surface area contributed by atoms with Crippen molar-refractivity contribution in [2.24, 2.45) is 0 Å². The Bertz CT molecular complexity index is 1320. The van der Waals surface area contributed by atoms with Gasteiger partial charge in [-0.15, -0.1) is 0 Å². The van der Waals surface area contributed by atoms with Crippen LogP contribution in [-0.2, 0) is 22.5 Å². The van der Waals surface area contributed by atoms with Gasteiger partial charge in [-0.1, -0.05) is 0 Å². The van der Waals surface area contributed by atoms with Crippen molar-refractivity contribution in [2.75, 3.05) is 11.9 Å². The number of nitrogens with zero attached hydrogens (tertiary/aromatic N) is 3. The molecule has 9 heteroatoms. The first kappa shape index (κ1) is 23.2. The van der Waals surface area contributed by atoms with Crippen LogP contribution >= 0.6 is 0 Å². The maximum atomic E-state index is 14.7. The minimum absolute atomic E-state index is 0.0964. The standard InChI is InChI=1S/C27H30FN5O3/c1-16-3-5-21-23(31-16)19(20(28)14-29-21)7-8-27-11-9-26(10-12-27,15-35-27)30-13-18-4-6-22-24(32-18)33-25(34)17(2)36-22/h3-6,14,17,30H,7-13,15H2,1-2H3,(H,32,33,34). The molecular weight excluding hydrogens is 461 g/mol. The van der Waals surface area contributed by atoms with Gasteiger partial charge in [0.2, 0.25) is 0 Å². The quantitative estimate of drug-likeness (QED) is 0.538. The van der Waals surface area contributed by atoms with Gasteiger partial charge in [-0.05, 0) is 76.6 Å². The summed E-state index contributed by atoms with van der Waals surface area (Å²) in [5, 5.41) is 6.48. The molecule has 2 bridgehead atoms. The van der Waals surface area contributed by atoms with Crippen LogP contribution < -0.4 is 15.4 Å². The number of aryl methyl sites for hydroxylation is 2. The monoisotopic (exact) mass is 491 g/mol. The van der Waals surface area contributed by atoms with E-state index in [-0.39, 0.29) is 22.9 Å². The van der Waals surface area contributed by atoms with Crippen LogP contribution in [0.1, 0.15) is 56.0 Å². The zero-order valence-electron chi connectivity index (χ0n) is 20.6. The molecule has 7 rings (SSSR count). The number of amides is 1. The third-order valence-electron chi connectivity index (χ3n) is 7.98. The van der Waals surface area contributed by atoms with Gasteiger partial charge in [0.25, 0.3) is 5.91 Å². The van der Waals surface area contributed by atoms with E-state index >= 15 is 0 Å². The number of halogens is 1. The van der Waals surface area contributed by atoms with Crippen molar-refractivity contribution in [1.29, 1.82) is 0 Å². The minimum Gasteiger partial charge on any atom is -0.477 e. The molecule has 3 fully saturated rings. The summed E-state index contributed by atoms with van der Waals surface area (Å²) < 4.78 is 26.8. The first-order valence-electron chi connectivity index (χ1n) is 12.6. The molecule has 4 aliphatic rings. The van der Waals surface area contributed by atoms with Crippen molar-refractivity contribution >= 4 is 22.8 Å². The molecule has 3 aliphatic heterocycles. The molecule has 3 aromatic rings. The van der Waals surface area contributed by atoms with Gasteiger partial charge in [-0.3, -0.25) is 14.8 Å². The van der Waals surface area contributed by atoms with Crippen molar-refractivity contribution in [1.82, 2.24) is 20.3 Å². The number of pyridine rings is 3. The summed E-state index contributed by atoms with van der Waals surface area (Å²) in [5.41, 5.74) is 3.39. The first-order valence-corrected chi connectivity index (χ1v) is 12.6. The van der Waals surface area contributed by atoms with E-state index in [2.05, 4.69) is 25.6 Å². The Morgan fingerprint density at radius 1 is 1.17 bits per heavy atom. The Hall–Kier alpha value is -3.17. The normalized spacial score (nSPS) is 27.0. The number of ether oxygens (including phenoxy) is 2. The highest BCUT2D eigenvalue weighted by Gasteiger charge is 2.49. The summed E-state index contributed by atoms with van der Waals surface area (Å²) in [7, 11) is 0. The number of aromatic nitrogens is 3. The van der Waals surface area contributed by atoms with Crippen molar-refractivity contribution in [2.45, 2.75) is 76.2 Å². The number of carbonyl (C=O) groups excluding carboxylic acids is 1. The molecule has 1 saturated carbocycles. The third kappa shape index (κ3) is 4.20. The lowest BCUT2D eigenvalue weighted by Crippen LogP contribution is -2.61. The molecule has 6 heterocycles. The van der Waals surface area contributed by atoms with Crippen molar-refractivity contribution < 1.29 is 18.7 Å². The van der Waals surface area contributed by atoms with Crippen LogP contribution in [0.3, 0.4) is 0 Å². The average Bonchev–Trinajstić information content (AvgIpc) is 2.89. The Morgan fingerprint density at radius 3 is 2.78 bits per heavy atom. The molecule has 2 saturated heterocycles. The molecule has 36 heavy (non-hydrogen) atoms. The van der Waals surface area contributed by atoms with Crippen LogP contribution in [0.15, 0.2) is 30.5 Å². The number of hydrogen-bond acceptors (Lipinski definition) is 7. The number of rotatable bonds is 6. The topological polar surface area (TPSA) is 98.3 Å². The summed E-state index contributed by atoms with van der Waals surface area (Å²) in [4.78, 5) is 25.2. The van der Waals surface area contributed by atoms with Gasteiger partial charge in [0.15, 0.2) is 17.7 Å². The Balaban J connectivity index is 1.09. The van der Waals surface area contributed by atoms with Crippen LogP contribution in [-0.4, -0.2) is 44.7 Å². The summed E-state index contributed by atoms with van der Waals surface area (Å²) in [6.07, 6.45) is 5.97. The van der Waals surface area contributed by atoms with E-state index in [1.807, 2.05) is 31.2 Å². The SMILES string of the molecule is Cc1ccc2ncc(F)c(CCC34CCC(NCc5ccc6c(n5)NC(=O)C(C)O6)(CC3)CO4)c2n1. The summed E-state index contributed by atoms with van der Waals surface area (Å²) in [6.45, 7) is 4.82. The van der Waals surface area contributed by atoms with Gasteiger partial charge in [0.05, 0.1) is 35.1 Å². The molecule has 1 atom stereocenters. The van der Waals surface area contributed by atoms with Crippen LogP contribution in [0.2, 0.25) is 0 Å². The number of nitrogens with one attached hydrogen (secondary N) is 2.